The minimum absolute atomic E-state index is 0.0377. The third-order valence-corrected chi connectivity index (χ3v) is 3.28. The van der Waals surface area contributed by atoms with Crippen LogP contribution in [0.2, 0.25) is 0 Å². The topological polar surface area (TPSA) is 23.8 Å². The average molecular weight is 290 g/mol. The van der Waals surface area contributed by atoms with Gasteiger partial charge in [0.15, 0.2) is 0 Å². The van der Waals surface area contributed by atoms with Gasteiger partial charge in [-0.3, -0.25) is 0 Å². The number of allylic oxidation sites excluding steroid dienone is 1. The first-order valence-electron chi connectivity index (χ1n) is 5.86. The molecule has 20 heavy (non-hydrogen) atoms. The lowest BCUT2D eigenvalue weighted by Crippen LogP contribution is -1.97. The fraction of sp³-hybridized carbons (Fsp3) is 0.0625. The molecule has 2 aromatic carbocycles. The minimum atomic E-state index is -0.790. The zero-order valence-corrected chi connectivity index (χ0v) is 11.4. The molecule has 4 heteroatoms. The molecule has 0 saturated heterocycles. The molecule has 0 unspecified atom stereocenters. The van der Waals surface area contributed by atoms with Crippen molar-refractivity contribution in [1.29, 1.82) is 5.26 Å². The van der Waals surface area contributed by atoms with Gasteiger partial charge in [0, 0.05) is 0 Å². The zero-order chi connectivity index (χ0) is 14.7. The lowest BCUT2D eigenvalue weighted by atomic mass is 10.0. The van der Waals surface area contributed by atoms with E-state index in [9.17, 15) is 14.0 Å². The molecule has 100 valence electrons. The predicted octanol–water partition coefficient (Wildman–Crippen LogP) is 4.90. The van der Waals surface area contributed by atoms with E-state index < -0.39 is 11.6 Å². The summed E-state index contributed by atoms with van der Waals surface area (Å²) >= 11 is 6.07. The van der Waals surface area contributed by atoms with Crippen LogP contribution in [0.5, 0.6) is 0 Å². The summed E-state index contributed by atoms with van der Waals surface area (Å²) in [5.41, 5.74) is 0.452. The second kappa shape index (κ2) is 5.85. The third kappa shape index (κ3) is 2.56. The lowest BCUT2D eigenvalue weighted by molar-refractivity contribution is 0.572. The highest BCUT2D eigenvalue weighted by molar-refractivity contribution is 6.53. The quantitative estimate of drug-likeness (QED) is 0.569. The van der Waals surface area contributed by atoms with E-state index in [4.69, 9.17) is 11.6 Å². The maximum absolute atomic E-state index is 14.1. The molecule has 0 amide bonds. The lowest BCUT2D eigenvalue weighted by Gasteiger charge is -2.08. The summed E-state index contributed by atoms with van der Waals surface area (Å²) in [5, 5.41) is 9.00. The van der Waals surface area contributed by atoms with Crippen LogP contribution in [-0.4, -0.2) is 0 Å². The van der Waals surface area contributed by atoms with Crippen molar-refractivity contribution in [2.45, 2.75) is 6.92 Å². The van der Waals surface area contributed by atoms with Crippen molar-refractivity contribution in [3.8, 4) is 6.07 Å². The van der Waals surface area contributed by atoms with Crippen molar-refractivity contribution < 1.29 is 8.78 Å². The molecular formula is C16H10ClF2N. The van der Waals surface area contributed by atoms with Crippen LogP contribution in [0.15, 0.2) is 42.5 Å². The first kappa shape index (κ1) is 14.2. The normalized spacial score (nSPS) is 11.8. The molecule has 0 saturated carbocycles. The SMILES string of the molecule is Cc1ccc(F)c(/C(Cl)=C(/C#N)c2ccccc2)c1F. The predicted molar refractivity (Wildman–Crippen MR) is 75.8 cm³/mol. The summed E-state index contributed by atoms with van der Waals surface area (Å²) in [7, 11) is 0. The molecule has 2 aromatic rings. The second-order valence-corrected chi connectivity index (χ2v) is 4.60. The highest BCUT2D eigenvalue weighted by Gasteiger charge is 2.18. The first-order chi connectivity index (χ1) is 9.56. The molecule has 0 fully saturated rings. The van der Waals surface area contributed by atoms with Crippen molar-refractivity contribution in [1.82, 2.24) is 0 Å². The standard InChI is InChI=1S/C16H10ClF2N/c1-10-7-8-13(18)14(16(10)19)15(17)12(9-20)11-5-3-2-4-6-11/h2-8H,1H3/b15-12+. The van der Waals surface area contributed by atoms with Crippen LogP contribution in [0, 0.1) is 29.9 Å². The van der Waals surface area contributed by atoms with E-state index in [1.54, 1.807) is 30.3 Å². The molecule has 0 atom stereocenters. The van der Waals surface area contributed by atoms with Crippen LogP contribution in [0.1, 0.15) is 16.7 Å². The number of aryl methyl sites for hydroxylation is 1. The van der Waals surface area contributed by atoms with E-state index >= 15 is 0 Å². The van der Waals surface area contributed by atoms with Gasteiger partial charge in [-0.15, -0.1) is 0 Å². The second-order valence-electron chi connectivity index (χ2n) is 4.22. The third-order valence-electron chi connectivity index (χ3n) is 2.90. The van der Waals surface area contributed by atoms with Crippen LogP contribution in [0.3, 0.4) is 0 Å². The van der Waals surface area contributed by atoms with Gasteiger partial charge >= 0.3 is 0 Å². The van der Waals surface area contributed by atoms with Crippen molar-refractivity contribution in [2.24, 2.45) is 0 Å². The fourth-order valence-corrected chi connectivity index (χ4v) is 2.15. The Morgan fingerprint density at radius 3 is 2.35 bits per heavy atom. The molecule has 0 aliphatic heterocycles. The Kier molecular flexibility index (Phi) is 4.16. The number of benzene rings is 2. The van der Waals surface area contributed by atoms with E-state index in [-0.39, 0.29) is 21.7 Å². The van der Waals surface area contributed by atoms with Gasteiger partial charge in [0.25, 0.3) is 0 Å². The zero-order valence-electron chi connectivity index (χ0n) is 10.6. The van der Waals surface area contributed by atoms with Gasteiger partial charge in [-0.25, -0.2) is 8.78 Å². The molecule has 2 rings (SSSR count). The number of nitriles is 1. The van der Waals surface area contributed by atoms with Crippen molar-refractivity contribution in [3.05, 3.63) is 70.8 Å². The monoisotopic (exact) mass is 289 g/mol. The summed E-state index contributed by atoms with van der Waals surface area (Å²) in [4.78, 5) is 0. The minimum Gasteiger partial charge on any atom is -0.206 e. The number of hydrogen-bond acceptors (Lipinski definition) is 1. The van der Waals surface area contributed by atoms with E-state index in [1.807, 2.05) is 6.07 Å². The van der Waals surface area contributed by atoms with Crippen LogP contribution in [-0.2, 0) is 0 Å². The van der Waals surface area contributed by atoms with E-state index in [0.717, 1.165) is 6.07 Å². The van der Waals surface area contributed by atoms with Crippen molar-refractivity contribution in [2.75, 3.05) is 0 Å². The molecular weight excluding hydrogens is 280 g/mol. The van der Waals surface area contributed by atoms with Gasteiger partial charge in [0.05, 0.1) is 16.2 Å². The first-order valence-corrected chi connectivity index (χ1v) is 6.24. The summed E-state index contributed by atoms with van der Waals surface area (Å²) in [5.74, 6) is -1.54. The van der Waals surface area contributed by atoms with Crippen LogP contribution < -0.4 is 0 Å². The Morgan fingerprint density at radius 1 is 1.10 bits per heavy atom. The largest absolute Gasteiger partial charge is 0.206 e. The number of hydrogen-bond donors (Lipinski definition) is 0. The van der Waals surface area contributed by atoms with Gasteiger partial charge in [0.1, 0.15) is 17.7 Å². The van der Waals surface area contributed by atoms with E-state index in [2.05, 4.69) is 0 Å². The summed E-state index contributed by atoms with van der Waals surface area (Å²) in [6.07, 6.45) is 0. The van der Waals surface area contributed by atoms with Crippen molar-refractivity contribution >= 4 is 22.2 Å². The number of nitrogens with zero attached hydrogens (tertiary/aromatic N) is 1. The molecule has 0 bridgehead atoms. The van der Waals surface area contributed by atoms with E-state index in [1.165, 1.54) is 13.0 Å². The van der Waals surface area contributed by atoms with Crippen LogP contribution in [0.25, 0.3) is 10.6 Å². The highest BCUT2D eigenvalue weighted by atomic mass is 35.5. The molecule has 0 aliphatic carbocycles. The maximum atomic E-state index is 14.1. The molecule has 0 N–H and O–H groups in total. The summed E-state index contributed by atoms with van der Waals surface area (Å²) in [6, 6.07) is 12.9. The molecule has 0 heterocycles. The number of rotatable bonds is 2. The van der Waals surface area contributed by atoms with Crippen LogP contribution >= 0.6 is 11.6 Å². The molecule has 0 spiro atoms. The Labute approximate surface area is 120 Å². The fourth-order valence-electron chi connectivity index (χ4n) is 1.83. The van der Waals surface area contributed by atoms with Crippen LogP contribution in [0.4, 0.5) is 8.78 Å². The average Bonchev–Trinajstić information content (AvgIpc) is 2.45. The summed E-state index contributed by atoms with van der Waals surface area (Å²) in [6.45, 7) is 1.51. The van der Waals surface area contributed by atoms with Crippen molar-refractivity contribution in [3.63, 3.8) is 0 Å². The smallest absolute Gasteiger partial charge is 0.137 e. The van der Waals surface area contributed by atoms with Gasteiger partial charge < -0.3 is 0 Å². The Morgan fingerprint density at radius 2 is 1.75 bits per heavy atom. The van der Waals surface area contributed by atoms with Gasteiger partial charge in [0.2, 0.25) is 0 Å². The Balaban J connectivity index is 2.71. The number of halogens is 3. The molecule has 0 aromatic heterocycles. The maximum Gasteiger partial charge on any atom is 0.137 e. The Bertz CT molecular complexity index is 715. The Hall–Kier alpha value is -2.18. The molecule has 0 aliphatic rings. The molecule has 1 nitrogen and oxygen atoms in total. The van der Waals surface area contributed by atoms with Gasteiger partial charge in [-0.1, -0.05) is 48.0 Å². The van der Waals surface area contributed by atoms with E-state index in [0.29, 0.717) is 5.56 Å². The highest BCUT2D eigenvalue weighted by Crippen LogP contribution is 2.33. The van der Waals surface area contributed by atoms with Gasteiger partial charge in [-0.05, 0) is 24.1 Å². The summed E-state index contributed by atoms with van der Waals surface area (Å²) < 4.78 is 27.9. The molecule has 0 radical (unpaired) electrons. The van der Waals surface area contributed by atoms with Gasteiger partial charge in [-0.2, -0.15) is 5.26 Å².